The zero-order valence-corrected chi connectivity index (χ0v) is 21.8. The molecule has 0 aliphatic carbocycles. The van der Waals surface area contributed by atoms with Crippen LogP contribution in [0.3, 0.4) is 0 Å². The summed E-state index contributed by atoms with van der Waals surface area (Å²) >= 11 is 6.18. The van der Waals surface area contributed by atoms with Crippen molar-refractivity contribution in [1.82, 2.24) is 9.88 Å². The van der Waals surface area contributed by atoms with E-state index in [1.54, 1.807) is 64.1 Å². The third kappa shape index (κ3) is 5.75. The number of carbonyl (C=O) groups excluding carboxylic acids is 3. The van der Waals surface area contributed by atoms with Gasteiger partial charge in [-0.1, -0.05) is 24.6 Å². The molecule has 0 saturated heterocycles. The lowest BCUT2D eigenvalue weighted by atomic mass is 9.97. The van der Waals surface area contributed by atoms with Gasteiger partial charge in [-0.15, -0.1) is 0 Å². The minimum atomic E-state index is -0.863. The molecule has 1 aliphatic rings. The van der Waals surface area contributed by atoms with E-state index in [4.69, 9.17) is 16.3 Å². The molecule has 1 unspecified atom stereocenters. The summed E-state index contributed by atoms with van der Waals surface area (Å²) in [4.78, 5) is 51.5. The number of benzene rings is 2. The van der Waals surface area contributed by atoms with Gasteiger partial charge in [-0.25, -0.2) is 4.79 Å². The zero-order valence-electron chi connectivity index (χ0n) is 21.1. The number of hydrogen-bond donors (Lipinski definition) is 2. The van der Waals surface area contributed by atoms with Crippen molar-refractivity contribution >= 4 is 35.1 Å². The zero-order chi connectivity index (χ0) is 26.9. The average molecular weight is 522 g/mol. The second kappa shape index (κ2) is 10.2. The van der Waals surface area contributed by atoms with Crippen molar-refractivity contribution in [2.24, 2.45) is 0 Å². The van der Waals surface area contributed by atoms with Crippen LogP contribution in [0.4, 0.5) is 5.69 Å². The number of amides is 2. The fraction of sp³-hybridized carbons (Fsp3) is 0.286. The largest absolute Gasteiger partial charge is 0.456 e. The maximum Gasteiger partial charge on any atom is 0.338 e. The molecule has 2 amide bonds. The van der Waals surface area contributed by atoms with E-state index in [0.717, 1.165) is 5.56 Å². The van der Waals surface area contributed by atoms with E-state index in [-0.39, 0.29) is 11.5 Å². The fourth-order valence-electron chi connectivity index (χ4n) is 4.18. The molecule has 4 rings (SSSR count). The third-order valence-corrected chi connectivity index (χ3v) is 6.17. The lowest BCUT2D eigenvalue weighted by Gasteiger charge is -2.20. The highest BCUT2D eigenvalue weighted by Crippen LogP contribution is 2.31. The Kier molecular flexibility index (Phi) is 7.23. The predicted octanol–water partition coefficient (Wildman–Crippen LogP) is 4.96. The summed E-state index contributed by atoms with van der Waals surface area (Å²) < 4.78 is 6.63. The number of rotatable bonds is 5. The SMILES string of the molecule is CCC(C(=O)Nc1ccc(C(=O)OC(C)(C)C)cc1)n1cc2c(cc1=O)-c1cc(Cl)ccc1CNC2=O. The van der Waals surface area contributed by atoms with E-state index >= 15 is 0 Å². The molecule has 1 aromatic heterocycles. The molecule has 0 saturated carbocycles. The van der Waals surface area contributed by atoms with Crippen LogP contribution in [-0.4, -0.2) is 28.0 Å². The molecule has 0 bridgehead atoms. The maximum atomic E-state index is 13.2. The number of nitrogens with zero attached hydrogens (tertiary/aromatic N) is 1. The first-order valence-electron chi connectivity index (χ1n) is 11.9. The Morgan fingerprint density at radius 3 is 2.41 bits per heavy atom. The number of esters is 1. The highest BCUT2D eigenvalue weighted by atomic mass is 35.5. The highest BCUT2D eigenvalue weighted by molar-refractivity contribution is 6.31. The molecular formula is C28H28ClN3O5. The van der Waals surface area contributed by atoms with Crippen LogP contribution in [0.2, 0.25) is 5.02 Å². The summed E-state index contributed by atoms with van der Waals surface area (Å²) in [6.07, 6.45) is 1.74. The summed E-state index contributed by atoms with van der Waals surface area (Å²) in [6.45, 7) is 7.43. The molecule has 37 heavy (non-hydrogen) atoms. The molecule has 2 heterocycles. The Morgan fingerprint density at radius 2 is 1.76 bits per heavy atom. The molecule has 2 aromatic carbocycles. The van der Waals surface area contributed by atoms with E-state index in [2.05, 4.69) is 10.6 Å². The van der Waals surface area contributed by atoms with Gasteiger partial charge in [-0.3, -0.25) is 14.4 Å². The van der Waals surface area contributed by atoms with Crippen molar-refractivity contribution in [1.29, 1.82) is 0 Å². The van der Waals surface area contributed by atoms with E-state index < -0.39 is 29.1 Å². The summed E-state index contributed by atoms with van der Waals surface area (Å²) in [5.41, 5.74) is 2.08. The van der Waals surface area contributed by atoms with E-state index in [9.17, 15) is 19.2 Å². The number of fused-ring (bicyclic) bond motifs is 3. The van der Waals surface area contributed by atoms with Gasteiger partial charge in [0.15, 0.2) is 0 Å². The van der Waals surface area contributed by atoms with Gasteiger partial charge in [0, 0.05) is 35.1 Å². The van der Waals surface area contributed by atoms with E-state index in [0.29, 0.717) is 40.4 Å². The topological polar surface area (TPSA) is 106 Å². The van der Waals surface area contributed by atoms with Crippen molar-refractivity contribution < 1.29 is 19.1 Å². The minimum Gasteiger partial charge on any atom is -0.456 e. The van der Waals surface area contributed by atoms with Crippen LogP contribution >= 0.6 is 11.6 Å². The quantitative estimate of drug-likeness (QED) is 0.462. The molecule has 1 aliphatic heterocycles. The van der Waals surface area contributed by atoms with Crippen molar-refractivity contribution in [3.8, 4) is 11.1 Å². The molecule has 9 heteroatoms. The average Bonchev–Trinajstić information content (AvgIpc) is 2.95. The Morgan fingerprint density at radius 1 is 1.05 bits per heavy atom. The van der Waals surface area contributed by atoms with E-state index in [1.807, 2.05) is 6.07 Å². The Labute approximate surface area is 219 Å². The Balaban J connectivity index is 1.61. The summed E-state index contributed by atoms with van der Waals surface area (Å²) in [5.74, 6) is -1.23. The lowest BCUT2D eigenvalue weighted by molar-refractivity contribution is -0.119. The highest BCUT2D eigenvalue weighted by Gasteiger charge is 2.26. The van der Waals surface area contributed by atoms with Gasteiger partial charge in [0.2, 0.25) is 5.91 Å². The standard InChI is InChI=1S/C28H28ClN3O5/c1-5-23(26(35)31-19-10-7-16(8-11-19)27(36)37-28(2,3)4)32-15-22-21(13-24(32)33)20-12-18(29)9-6-17(20)14-30-25(22)34/h6-13,15,23H,5,14H2,1-4H3,(H,30,34)(H,31,35). The van der Waals surface area contributed by atoms with Crippen LogP contribution in [-0.2, 0) is 16.1 Å². The van der Waals surface area contributed by atoms with Crippen molar-refractivity contribution in [3.05, 3.63) is 86.8 Å². The first-order chi connectivity index (χ1) is 17.5. The molecule has 0 spiro atoms. The molecule has 8 nitrogen and oxygen atoms in total. The fourth-order valence-corrected chi connectivity index (χ4v) is 4.35. The summed E-state index contributed by atoms with van der Waals surface area (Å²) in [6, 6.07) is 12.1. The van der Waals surface area contributed by atoms with Crippen molar-refractivity contribution in [2.75, 3.05) is 5.32 Å². The van der Waals surface area contributed by atoms with Crippen molar-refractivity contribution in [3.63, 3.8) is 0 Å². The van der Waals surface area contributed by atoms with Crippen LogP contribution in [0.15, 0.2) is 59.5 Å². The van der Waals surface area contributed by atoms with Crippen molar-refractivity contribution in [2.45, 2.75) is 52.3 Å². The number of aromatic nitrogens is 1. The van der Waals surface area contributed by atoms with Gasteiger partial charge in [0.1, 0.15) is 11.6 Å². The first kappa shape index (κ1) is 26.2. The molecule has 192 valence electrons. The maximum absolute atomic E-state index is 13.2. The second-order valence-corrected chi connectivity index (χ2v) is 10.3. The lowest BCUT2D eigenvalue weighted by Crippen LogP contribution is -2.34. The predicted molar refractivity (Wildman–Crippen MR) is 142 cm³/mol. The summed E-state index contributed by atoms with van der Waals surface area (Å²) in [5, 5.41) is 6.13. The van der Waals surface area contributed by atoms with E-state index in [1.165, 1.54) is 16.8 Å². The number of anilines is 1. The normalized spacial score (nSPS) is 13.5. The second-order valence-electron chi connectivity index (χ2n) is 9.82. The van der Waals surface area contributed by atoms with Crippen LogP contribution in [0.5, 0.6) is 0 Å². The molecule has 2 N–H and O–H groups in total. The molecule has 3 aromatic rings. The number of ether oxygens (including phenoxy) is 1. The van der Waals surface area contributed by atoms with Gasteiger partial charge < -0.3 is 19.9 Å². The van der Waals surface area contributed by atoms with Gasteiger partial charge in [0.25, 0.3) is 11.5 Å². The first-order valence-corrected chi connectivity index (χ1v) is 12.3. The number of nitrogens with one attached hydrogen (secondary N) is 2. The van der Waals surface area contributed by atoms with Crippen LogP contribution in [0, 0.1) is 0 Å². The van der Waals surface area contributed by atoms with Crippen LogP contribution in [0.1, 0.15) is 66.4 Å². The Bertz CT molecular complexity index is 1440. The molecule has 1 atom stereocenters. The minimum absolute atomic E-state index is 0.286. The van der Waals surface area contributed by atoms with Crippen LogP contribution in [0.25, 0.3) is 11.1 Å². The number of hydrogen-bond acceptors (Lipinski definition) is 5. The molecule has 0 radical (unpaired) electrons. The van der Waals surface area contributed by atoms with Gasteiger partial charge in [0.05, 0.1) is 11.1 Å². The summed E-state index contributed by atoms with van der Waals surface area (Å²) in [7, 11) is 0. The van der Waals surface area contributed by atoms with Gasteiger partial charge in [-0.05, 0) is 74.7 Å². The van der Waals surface area contributed by atoms with Gasteiger partial charge in [-0.2, -0.15) is 0 Å². The molecular weight excluding hydrogens is 494 g/mol. The Hall–Kier alpha value is -3.91. The number of pyridine rings is 1. The smallest absolute Gasteiger partial charge is 0.338 e. The monoisotopic (exact) mass is 521 g/mol. The number of halogens is 1. The molecule has 0 fully saturated rings. The third-order valence-electron chi connectivity index (χ3n) is 5.94. The van der Waals surface area contributed by atoms with Crippen LogP contribution < -0.4 is 16.2 Å². The van der Waals surface area contributed by atoms with Gasteiger partial charge >= 0.3 is 5.97 Å². The number of carbonyl (C=O) groups is 3.